The topological polar surface area (TPSA) is 34.2 Å². The minimum absolute atomic E-state index is 0.233. The highest BCUT2D eigenvalue weighted by Gasteiger charge is 2.20. The first-order valence-corrected chi connectivity index (χ1v) is 12.9. The SMILES string of the molecule is CC(C)(C)Oc1ccc(-c2cccc3[nH]c(-c4ccccc4)c(-c4ccc(OC(C)(C)C)cc4)c23)cc1. The number of ether oxygens (including phenoxy) is 2. The minimum Gasteiger partial charge on any atom is -0.488 e. The third kappa shape index (κ3) is 5.56. The van der Waals surface area contributed by atoms with Crippen LogP contribution in [0.4, 0.5) is 0 Å². The second-order valence-electron chi connectivity index (χ2n) is 11.4. The lowest BCUT2D eigenvalue weighted by molar-refractivity contribution is 0.130. The smallest absolute Gasteiger partial charge is 0.120 e. The summed E-state index contributed by atoms with van der Waals surface area (Å²) in [7, 11) is 0. The maximum absolute atomic E-state index is 6.10. The molecular weight excluding hydrogens is 454 g/mol. The van der Waals surface area contributed by atoms with Crippen molar-refractivity contribution in [1.82, 2.24) is 4.98 Å². The molecule has 1 aromatic heterocycles. The Bertz CT molecular complexity index is 1500. The minimum atomic E-state index is -0.243. The molecule has 0 bridgehead atoms. The first-order valence-electron chi connectivity index (χ1n) is 12.9. The fourth-order valence-corrected chi connectivity index (χ4v) is 4.70. The quantitative estimate of drug-likeness (QED) is 0.267. The number of rotatable bonds is 5. The van der Waals surface area contributed by atoms with E-state index in [0.29, 0.717) is 0 Å². The third-order valence-corrected chi connectivity index (χ3v) is 6.04. The van der Waals surface area contributed by atoms with Crippen molar-refractivity contribution >= 4 is 10.9 Å². The van der Waals surface area contributed by atoms with E-state index < -0.39 is 0 Å². The van der Waals surface area contributed by atoms with Gasteiger partial charge >= 0.3 is 0 Å². The van der Waals surface area contributed by atoms with Gasteiger partial charge in [-0.25, -0.2) is 0 Å². The van der Waals surface area contributed by atoms with Gasteiger partial charge in [0.1, 0.15) is 22.7 Å². The molecule has 5 aromatic rings. The predicted octanol–water partition coefficient (Wildman–Crippen LogP) is 9.52. The van der Waals surface area contributed by atoms with Crippen LogP contribution in [0.15, 0.2) is 97.1 Å². The molecule has 0 aliphatic carbocycles. The number of hydrogen-bond donors (Lipinski definition) is 1. The van der Waals surface area contributed by atoms with Crippen molar-refractivity contribution < 1.29 is 9.47 Å². The summed E-state index contributed by atoms with van der Waals surface area (Å²) < 4.78 is 12.2. The Morgan fingerprint density at radius 1 is 0.514 bits per heavy atom. The Balaban J connectivity index is 1.68. The number of hydrogen-bond acceptors (Lipinski definition) is 2. The highest BCUT2D eigenvalue weighted by Crippen LogP contribution is 2.43. The lowest BCUT2D eigenvalue weighted by atomic mass is 9.93. The van der Waals surface area contributed by atoms with Gasteiger partial charge in [0.25, 0.3) is 0 Å². The summed E-state index contributed by atoms with van der Waals surface area (Å²) in [6, 6.07) is 33.9. The van der Waals surface area contributed by atoms with E-state index in [0.717, 1.165) is 39.4 Å². The predicted molar refractivity (Wildman–Crippen MR) is 155 cm³/mol. The molecule has 0 aliphatic rings. The summed E-state index contributed by atoms with van der Waals surface area (Å²) in [6.45, 7) is 12.4. The van der Waals surface area contributed by atoms with E-state index in [9.17, 15) is 0 Å². The number of aromatic nitrogens is 1. The maximum atomic E-state index is 6.10. The van der Waals surface area contributed by atoms with E-state index in [1.807, 2.05) is 0 Å². The normalized spacial score (nSPS) is 12.1. The van der Waals surface area contributed by atoms with E-state index >= 15 is 0 Å². The fraction of sp³-hybridized carbons (Fsp3) is 0.235. The standard InChI is InChI=1S/C34H35NO2/c1-33(2,3)36-26-19-15-23(16-20-26)28-13-10-14-29-31(28)30(32(35-29)25-11-8-7-9-12-25)24-17-21-27(22-18-24)37-34(4,5)6/h7-22,35H,1-6H3. The first-order chi connectivity index (χ1) is 17.6. The average Bonchev–Trinajstić information content (AvgIpc) is 3.24. The van der Waals surface area contributed by atoms with Crippen LogP contribution in [-0.2, 0) is 0 Å². The molecule has 0 saturated carbocycles. The summed E-state index contributed by atoms with van der Waals surface area (Å²) >= 11 is 0. The van der Waals surface area contributed by atoms with Gasteiger partial charge in [0.05, 0.1) is 5.69 Å². The van der Waals surface area contributed by atoms with E-state index in [1.165, 1.54) is 16.5 Å². The molecule has 37 heavy (non-hydrogen) atoms. The molecule has 0 radical (unpaired) electrons. The lowest BCUT2D eigenvalue weighted by Crippen LogP contribution is -2.22. The second-order valence-corrected chi connectivity index (χ2v) is 11.4. The van der Waals surface area contributed by atoms with Gasteiger partial charge in [-0.3, -0.25) is 0 Å². The van der Waals surface area contributed by atoms with E-state index in [4.69, 9.17) is 9.47 Å². The van der Waals surface area contributed by atoms with E-state index in [1.54, 1.807) is 0 Å². The Morgan fingerprint density at radius 2 is 1.05 bits per heavy atom. The maximum Gasteiger partial charge on any atom is 0.120 e. The van der Waals surface area contributed by atoms with Gasteiger partial charge in [-0.2, -0.15) is 0 Å². The fourth-order valence-electron chi connectivity index (χ4n) is 4.70. The van der Waals surface area contributed by atoms with E-state index in [-0.39, 0.29) is 11.2 Å². The van der Waals surface area contributed by atoms with Gasteiger partial charge in [0, 0.05) is 16.5 Å². The molecule has 0 atom stereocenters. The van der Waals surface area contributed by atoms with Gasteiger partial charge in [-0.15, -0.1) is 0 Å². The highest BCUT2D eigenvalue weighted by molar-refractivity contribution is 6.11. The summed E-state index contributed by atoms with van der Waals surface area (Å²) in [5.74, 6) is 1.74. The number of fused-ring (bicyclic) bond motifs is 1. The molecule has 1 N–H and O–H groups in total. The molecule has 4 aromatic carbocycles. The molecule has 0 spiro atoms. The molecule has 0 fully saturated rings. The highest BCUT2D eigenvalue weighted by atomic mass is 16.5. The Morgan fingerprint density at radius 3 is 1.59 bits per heavy atom. The first kappa shape index (κ1) is 24.7. The van der Waals surface area contributed by atoms with Crippen LogP contribution in [0.25, 0.3) is 44.4 Å². The lowest BCUT2D eigenvalue weighted by Gasteiger charge is -2.21. The summed E-state index contributed by atoms with van der Waals surface area (Å²) in [6.07, 6.45) is 0. The summed E-state index contributed by atoms with van der Waals surface area (Å²) in [5.41, 5.74) is 7.57. The van der Waals surface area contributed by atoms with Crippen LogP contribution in [0, 0.1) is 0 Å². The van der Waals surface area contributed by atoms with Gasteiger partial charge in [0.2, 0.25) is 0 Å². The van der Waals surface area contributed by atoms with Crippen LogP contribution >= 0.6 is 0 Å². The largest absolute Gasteiger partial charge is 0.488 e. The zero-order valence-electron chi connectivity index (χ0n) is 22.6. The van der Waals surface area contributed by atoms with E-state index in [2.05, 4.69) is 144 Å². The van der Waals surface area contributed by atoms with Crippen LogP contribution in [0.2, 0.25) is 0 Å². The second kappa shape index (κ2) is 9.48. The van der Waals surface area contributed by atoms with Crippen molar-refractivity contribution in [3.63, 3.8) is 0 Å². The van der Waals surface area contributed by atoms with Gasteiger partial charge in [-0.05, 0) is 94.1 Å². The number of H-pyrrole nitrogens is 1. The zero-order chi connectivity index (χ0) is 26.2. The van der Waals surface area contributed by atoms with Crippen molar-refractivity contribution in [3.05, 3.63) is 97.1 Å². The molecule has 0 aliphatic heterocycles. The molecule has 3 nitrogen and oxygen atoms in total. The molecule has 5 rings (SSSR count). The number of nitrogens with one attached hydrogen (secondary N) is 1. The molecule has 0 amide bonds. The molecule has 3 heteroatoms. The zero-order valence-corrected chi connectivity index (χ0v) is 22.6. The Labute approximate surface area is 220 Å². The van der Waals surface area contributed by atoms with Gasteiger partial charge in [-0.1, -0.05) is 66.7 Å². The molecular formula is C34H35NO2. The van der Waals surface area contributed by atoms with Crippen LogP contribution in [0.3, 0.4) is 0 Å². The van der Waals surface area contributed by atoms with Crippen molar-refractivity contribution in [3.8, 4) is 45.0 Å². The van der Waals surface area contributed by atoms with Gasteiger partial charge in [0.15, 0.2) is 0 Å². The van der Waals surface area contributed by atoms with Crippen molar-refractivity contribution in [2.75, 3.05) is 0 Å². The Hall–Kier alpha value is -3.98. The summed E-state index contributed by atoms with van der Waals surface area (Å²) in [4.78, 5) is 3.73. The average molecular weight is 490 g/mol. The van der Waals surface area contributed by atoms with Crippen molar-refractivity contribution in [1.29, 1.82) is 0 Å². The van der Waals surface area contributed by atoms with Crippen LogP contribution in [-0.4, -0.2) is 16.2 Å². The van der Waals surface area contributed by atoms with Crippen molar-refractivity contribution in [2.24, 2.45) is 0 Å². The van der Waals surface area contributed by atoms with Gasteiger partial charge < -0.3 is 14.5 Å². The van der Waals surface area contributed by atoms with Crippen LogP contribution < -0.4 is 9.47 Å². The molecule has 0 unspecified atom stereocenters. The Kier molecular flexibility index (Phi) is 6.33. The number of benzene rings is 4. The van der Waals surface area contributed by atoms with Crippen LogP contribution in [0.5, 0.6) is 11.5 Å². The molecule has 0 saturated heterocycles. The third-order valence-electron chi connectivity index (χ3n) is 6.04. The van der Waals surface area contributed by atoms with Crippen molar-refractivity contribution in [2.45, 2.75) is 52.7 Å². The number of aromatic amines is 1. The molecule has 1 heterocycles. The summed E-state index contributed by atoms with van der Waals surface area (Å²) in [5, 5.41) is 1.20. The molecule has 188 valence electrons. The van der Waals surface area contributed by atoms with Crippen LogP contribution in [0.1, 0.15) is 41.5 Å². The monoisotopic (exact) mass is 489 g/mol.